The Morgan fingerprint density at radius 1 is 1.18 bits per heavy atom. The third-order valence-corrected chi connectivity index (χ3v) is 4.35. The molecule has 22 heavy (non-hydrogen) atoms. The first kappa shape index (κ1) is 17.1. The first-order valence-electron chi connectivity index (χ1n) is 7.45. The Hall–Kier alpha value is -1.26. The van der Waals surface area contributed by atoms with Crippen LogP contribution in [0.1, 0.15) is 42.5 Å². The molecule has 0 aliphatic heterocycles. The van der Waals surface area contributed by atoms with E-state index in [0.717, 1.165) is 12.8 Å². The third kappa shape index (κ3) is 5.18. The second-order valence-corrected chi connectivity index (χ2v) is 6.35. The van der Waals surface area contributed by atoms with Gasteiger partial charge in [0.1, 0.15) is 0 Å². The normalized spacial score (nSPS) is 15.4. The van der Waals surface area contributed by atoms with Gasteiger partial charge in [0.2, 0.25) is 0 Å². The van der Waals surface area contributed by atoms with Gasteiger partial charge in [-0.05, 0) is 37.0 Å². The molecule has 6 heteroatoms. The van der Waals surface area contributed by atoms with Crippen molar-refractivity contribution in [2.24, 2.45) is 5.92 Å². The Morgan fingerprint density at radius 3 is 2.59 bits per heavy atom. The standard InChI is InChI=1S/C16H19Cl2NO3/c17-12-6-7-13(14(18)8-12)16(21)22-10-15(20)19-9-11-4-2-1-3-5-11/h6-8,11H,1-5,9-10H2,(H,19,20). The van der Waals surface area contributed by atoms with E-state index in [-0.39, 0.29) is 23.1 Å². The molecule has 0 atom stereocenters. The molecule has 2 rings (SSSR count). The zero-order chi connectivity index (χ0) is 15.9. The first-order chi connectivity index (χ1) is 10.6. The molecule has 0 unspecified atom stereocenters. The summed E-state index contributed by atoms with van der Waals surface area (Å²) in [6, 6.07) is 4.49. The van der Waals surface area contributed by atoms with Gasteiger partial charge in [-0.2, -0.15) is 0 Å². The van der Waals surface area contributed by atoms with Gasteiger partial charge in [0.25, 0.3) is 5.91 Å². The van der Waals surface area contributed by atoms with Crippen LogP contribution in [0.2, 0.25) is 10.0 Å². The number of carbonyl (C=O) groups excluding carboxylic acids is 2. The van der Waals surface area contributed by atoms with Crippen LogP contribution in [0, 0.1) is 5.92 Å². The molecule has 1 saturated carbocycles. The lowest BCUT2D eigenvalue weighted by Crippen LogP contribution is -2.33. The highest BCUT2D eigenvalue weighted by Crippen LogP contribution is 2.23. The molecule has 0 radical (unpaired) electrons. The highest BCUT2D eigenvalue weighted by atomic mass is 35.5. The second kappa shape index (κ2) is 8.39. The van der Waals surface area contributed by atoms with Gasteiger partial charge in [0, 0.05) is 11.6 Å². The second-order valence-electron chi connectivity index (χ2n) is 5.51. The summed E-state index contributed by atoms with van der Waals surface area (Å²) < 4.78 is 4.97. The van der Waals surface area contributed by atoms with Crippen molar-refractivity contribution >= 4 is 35.1 Å². The quantitative estimate of drug-likeness (QED) is 0.826. The van der Waals surface area contributed by atoms with Gasteiger partial charge in [0.05, 0.1) is 10.6 Å². The largest absolute Gasteiger partial charge is 0.452 e. The Labute approximate surface area is 140 Å². The molecule has 0 saturated heterocycles. The lowest BCUT2D eigenvalue weighted by molar-refractivity contribution is -0.124. The van der Waals surface area contributed by atoms with Crippen LogP contribution in [-0.4, -0.2) is 25.0 Å². The molecule has 1 aromatic rings. The summed E-state index contributed by atoms with van der Waals surface area (Å²) in [5, 5.41) is 3.46. The zero-order valence-electron chi connectivity index (χ0n) is 12.2. The van der Waals surface area contributed by atoms with Crippen LogP contribution < -0.4 is 5.32 Å². The van der Waals surface area contributed by atoms with Crippen LogP contribution in [0.15, 0.2) is 18.2 Å². The number of nitrogens with one attached hydrogen (secondary N) is 1. The minimum Gasteiger partial charge on any atom is -0.452 e. The van der Waals surface area contributed by atoms with Crippen molar-refractivity contribution in [2.75, 3.05) is 13.2 Å². The molecule has 0 heterocycles. The molecule has 1 aliphatic rings. The van der Waals surface area contributed by atoms with E-state index in [1.807, 2.05) is 0 Å². The maximum absolute atomic E-state index is 11.9. The van der Waals surface area contributed by atoms with E-state index in [1.165, 1.54) is 31.4 Å². The monoisotopic (exact) mass is 343 g/mol. The van der Waals surface area contributed by atoms with Crippen LogP contribution in [0.4, 0.5) is 0 Å². The van der Waals surface area contributed by atoms with Crippen LogP contribution in [0.25, 0.3) is 0 Å². The van der Waals surface area contributed by atoms with Gasteiger partial charge in [-0.1, -0.05) is 42.5 Å². The van der Waals surface area contributed by atoms with Gasteiger partial charge in [-0.25, -0.2) is 4.79 Å². The van der Waals surface area contributed by atoms with E-state index in [0.29, 0.717) is 17.5 Å². The van der Waals surface area contributed by atoms with Crippen molar-refractivity contribution in [2.45, 2.75) is 32.1 Å². The summed E-state index contributed by atoms with van der Waals surface area (Å²) in [7, 11) is 0. The lowest BCUT2D eigenvalue weighted by Gasteiger charge is -2.21. The number of benzene rings is 1. The van der Waals surface area contributed by atoms with Gasteiger partial charge < -0.3 is 10.1 Å². The van der Waals surface area contributed by atoms with Crippen molar-refractivity contribution in [1.29, 1.82) is 0 Å². The van der Waals surface area contributed by atoms with Crippen molar-refractivity contribution in [3.05, 3.63) is 33.8 Å². The molecule has 0 aromatic heterocycles. The van der Waals surface area contributed by atoms with Crippen molar-refractivity contribution in [3.8, 4) is 0 Å². The number of carbonyl (C=O) groups is 2. The molecule has 1 aliphatic carbocycles. The topological polar surface area (TPSA) is 55.4 Å². The average Bonchev–Trinajstić information content (AvgIpc) is 2.51. The highest BCUT2D eigenvalue weighted by Gasteiger charge is 2.16. The van der Waals surface area contributed by atoms with Crippen LogP contribution >= 0.6 is 23.2 Å². The predicted octanol–water partition coefficient (Wildman–Crippen LogP) is 3.85. The number of hydrogen-bond acceptors (Lipinski definition) is 3. The lowest BCUT2D eigenvalue weighted by atomic mass is 9.89. The number of amides is 1. The summed E-state index contributed by atoms with van der Waals surface area (Å²) in [4.78, 5) is 23.6. The molecule has 0 bridgehead atoms. The van der Waals surface area contributed by atoms with Crippen molar-refractivity contribution < 1.29 is 14.3 Å². The number of rotatable bonds is 5. The number of ether oxygens (including phenoxy) is 1. The fourth-order valence-corrected chi connectivity index (χ4v) is 3.05. The summed E-state index contributed by atoms with van der Waals surface area (Å²) >= 11 is 11.7. The molecule has 1 aromatic carbocycles. The molecule has 120 valence electrons. The Morgan fingerprint density at radius 2 is 1.91 bits per heavy atom. The minimum atomic E-state index is -0.630. The SMILES string of the molecule is O=C(COC(=O)c1ccc(Cl)cc1Cl)NCC1CCCCC1. The summed E-state index contributed by atoms with van der Waals surface area (Å²) in [5.41, 5.74) is 0.200. The maximum atomic E-state index is 11.9. The van der Waals surface area contributed by atoms with E-state index < -0.39 is 5.97 Å². The number of hydrogen-bond donors (Lipinski definition) is 1. The molecule has 0 spiro atoms. The Kier molecular flexibility index (Phi) is 6.52. The summed E-state index contributed by atoms with van der Waals surface area (Å²) in [6.45, 7) is 0.350. The fraction of sp³-hybridized carbons (Fsp3) is 0.500. The molecule has 1 amide bonds. The van der Waals surface area contributed by atoms with Crippen molar-refractivity contribution in [1.82, 2.24) is 5.32 Å². The minimum absolute atomic E-state index is 0.200. The first-order valence-corrected chi connectivity index (χ1v) is 8.20. The van der Waals surface area contributed by atoms with E-state index in [4.69, 9.17) is 27.9 Å². The number of halogens is 2. The molecular weight excluding hydrogens is 325 g/mol. The van der Waals surface area contributed by atoms with Gasteiger partial charge in [-0.15, -0.1) is 0 Å². The molecule has 1 N–H and O–H groups in total. The maximum Gasteiger partial charge on any atom is 0.340 e. The Balaban J connectivity index is 1.74. The number of esters is 1. The van der Waals surface area contributed by atoms with E-state index in [1.54, 1.807) is 6.07 Å². The zero-order valence-corrected chi connectivity index (χ0v) is 13.8. The molecule has 4 nitrogen and oxygen atoms in total. The van der Waals surface area contributed by atoms with Crippen LogP contribution in [0.3, 0.4) is 0 Å². The van der Waals surface area contributed by atoms with Gasteiger partial charge in [-0.3, -0.25) is 4.79 Å². The van der Waals surface area contributed by atoms with Gasteiger partial charge >= 0.3 is 5.97 Å². The molecular formula is C16H19Cl2NO3. The Bertz CT molecular complexity index is 542. The predicted molar refractivity (Wildman–Crippen MR) is 86.3 cm³/mol. The molecule has 1 fully saturated rings. The summed E-state index contributed by atoms with van der Waals surface area (Å²) in [6.07, 6.45) is 6.04. The van der Waals surface area contributed by atoms with E-state index in [2.05, 4.69) is 5.32 Å². The fourth-order valence-electron chi connectivity index (χ4n) is 2.56. The van der Waals surface area contributed by atoms with Crippen LogP contribution in [-0.2, 0) is 9.53 Å². The summed E-state index contributed by atoms with van der Waals surface area (Å²) in [5.74, 6) is -0.377. The average molecular weight is 344 g/mol. The highest BCUT2D eigenvalue weighted by molar-refractivity contribution is 6.36. The van der Waals surface area contributed by atoms with E-state index in [9.17, 15) is 9.59 Å². The third-order valence-electron chi connectivity index (χ3n) is 3.80. The van der Waals surface area contributed by atoms with E-state index >= 15 is 0 Å². The van der Waals surface area contributed by atoms with Gasteiger partial charge in [0.15, 0.2) is 6.61 Å². The van der Waals surface area contributed by atoms with Crippen LogP contribution in [0.5, 0.6) is 0 Å². The smallest absolute Gasteiger partial charge is 0.340 e. The van der Waals surface area contributed by atoms with Crippen molar-refractivity contribution in [3.63, 3.8) is 0 Å².